The quantitative estimate of drug-likeness (QED) is 0.168. The maximum Gasteiger partial charge on any atom is 0.0782 e. The van der Waals surface area contributed by atoms with E-state index in [9.17, 15) is 0 Å². The molecular weight excluding hydrogens is 691 g/mol. The number of hydrogen-bond donors (Lipinski definition) is 0. The highest BCUT2D eigenvalue weighted by atomic mass is 15.1. The summed E-state index contributed by atoms with van der Waals surface area (Å²) in [5.41, 5.74) is 15.4. The Kier molecular flexibility index (Phi) is 6.93. The summed E-state index contributed by atoms with van der Waals surface area (Å²) in [7, 11) is 0. The van der Waals surface area contributed by atoms with Crippen molar-refractivity contribution in [3.05, 3.63) is 212 Å². The predicted octanol–water partition coefficient (Wildman–Crippen LogP) is 14.3. The number of aromatic nitrogens is 3. The molecule has 0 aliphatic carbocycles. The van der Waals surface area contributed by atoms with Crippen LogP contribution in [0.1, 0.15) is 0 Å². The molecule has 0 spiro atoms. The lowest BCUT2D eigenvalue weighted by atomic mass is 10.1. The first-order chi connectivity index (χ1) is 28.3. The molecule has 9 aromatic carbocycles. The van der Waals surface area contributed by atoms with Crippen LogP contribution in [0.5, 0.6) is 0 Å². The zero-order valence-corrected chi connectivity index (χ0v) is 31.0. The van der Waals surface area contributed by atoms with Crippen LogP contribution in [-0.4, -0.2) is 13.7 Å². The number of rotatable bonds is 5. The minimum absolute atomic E-state index is 1.13. The highest BCUT2D eigenvalue weighted by Gasteiger charge is 2.23. The summed E-state index contributed by atoms with van der Waals surface area (Å²) in [6.07, 6.45) is 0. The topological polar surface area (TPSA) is 14.8 Å². The lowest BCUT2D eigenvalue weighted by Crippen LogP contribution is -2.00. The minimum atomic E-state index is 1.13. The largest absolute Gasteiger partial charge is 0.309 e. The van der Waals surface area contributed by atoms with Crippen LogP contribution < -0.4 is 0 Å². The van der Waals surface area contributed by atoms with Gasteiger partial charge in [-0.3, -0.25) is 0 Å². The summed E-state index contributed by atoms with van der Waals surface area (Å²) >= 11 is 0. The van der Waals surface area contributed by atoms with Gasteiger partial charge in [-0.15, -0.1) is 0 Å². The van der Waals surface area contributed by atoms with Gasteiger partial charge in [-0.2, -0.15) is 0 Å². The standard InChI is InChI=1S/C54H35N3/c1-3-14-36(15-4-1)38-26-30-40(31-27-38)55-47-22-10-7-18-42(47)44-21-13-25-51(53(44)55)57-49-24-12-9-20-46(49)52-50(57)35-34-45-43-19-8-11-23-48(43)56(54(45)52)41-32-28-39(29-33-41)37-16-5-2-6-17-37/h1-35H. The highest BCUT2D eigenvalue weighted by molar-refractivity contribution is 6.26. The number of fused-ring (bicyclic) bond motifs is 10. The average molecular weight is 726 g/mol. The van der Waals surface area contributed by atoms with Crippen molar-refractivity contribution < 1.29 is 0 Å². The van der Waals surface area contributed by atoms with E-state index in [0.717, 1.165) is 17.1 Å². The van der Waals surface area contributed by atoms with Gasteiger partial charge < -0.3 is 13.7 Å². The predicted molar refractivity (Wildman–Crippen MR) is 240 cm³/mol. The van der Waals surface area contributed by atoms with E-state index >= 15 is 0 Å². The first kappa shape index (κ1) is 31.7. The second-order valence-corrected chi connectivity index (χ2v) is 14.9. The average Bonchev–Trinajstić information content (AvgIpc) is 3.93. The molecule has 0 saturated carbocycles. The van der Waals surface area contributed by atoms with E-state index < -0.39 is 0 Å². The normalized spacial score (nSPS) is 11.9. The molecule has 3 heterocycles. The molecule has 0 radical (unpaired) electrons. The molecule has 57 heavy (non-hydrogen) atoms. The summed E-state index contributed by atoms with van der Waals surface area (Å²) in [5, 5.41) is 7.45. The number of para-hydroxylation sites is 4. The number of nitrogens with zero attached hydrogens (tertiary/aromatic N) is 3. The lowest BCUT2D eigenvalue weighted by Gasteiger charge is -2.15. The second kappa shape index (κ2) is 12.5. The maximum atomic E-state index is 2.50. The molecule has 0 atom stereocenters. The molecule has 3 aromatic heterocycles. The third-order valence-corrected chi connectivity index (χ3v) is 11.8. The zero-order valence-electron chi connectivity index (χ0n) is 31.0. The Hall–Kier alpha value is -7.62. The van der Waals surface area contributed by atoms with E-state index in [-0.39, 0.29) is 0 Å². The molecule has 0 bridgehead atoms. The Bertz CT molecular complexity index is 3470. The molecule has 0 N–H and O–H groups in total. The van der Waals surface area contributed by atoms with E-state index in [1.54, 1.807) is 0 Å². The monoisotopic (exact) mass is 725 g/mol. The van der Waals surface area contributed by atoms with Gasteiger partial charge in [-0.1, -0.05) is 158 Å². The fourth-order valence-corrected chi connectivity index (χ4v) is 9.35. The number of hydrogen-bond acceptors (Lipinski definition) is 0. The lowest BCUT2D eigenvalue weighted by molar-refractivity contribution is 1.13. The summed E-state index contributed by atoms with van der Waals surface area (Å²) < 4.78 is 7.43. The van der Waals surface area contributed by atoms with Crippen LogP contribution in [-0.2, 0) is 0 Å². The van der Waals surface area contributed by atoms with Crippen molar-refractivity contribution >= 4 is 65.4 Å². The first-order valence-corrected chi connectivity index (χ1v) is 19.6. The van der Waals surface area contributed by atoms with Crippen molar-refractivity contribution in [2.45, 2.75) is 0 Å². The van der Waals surface area contributed by atoms with Crippen LogP contribution in [0, 0.1) is 0 Å². The van der Waals surface area contributed by atoms with Crippen molar-refractivity contribution in [1.82, 2.24) is 13.7 Å². The molecule has 0 fully saturated rings. The summed E-state index contributed by atoms with van der Waals surface area (Å²) in [6.45, 7) is 0. The zero-order chi connectivity index (χ0) is 37.5. The van der Waals surface area contributed by atoms with Gasteiger partial charge in [0.2, 0.25) is 0 Å². The van der Waals surface area contributed by atoms with Gasteiger partial charge in [0, 0.05) is 43.7 Å². The Morgan fingerprint density at radius 2 is 0.649 bits per heavy atom. The molecule has 12 aromatic rings. The summed E-state index contributed by atoms with van der Waals surface area (Å²) in [4.78, 5) is 0. The van der Waals surface area contributed by atoms with Gasteiger partial charge in [0.15, 0.2) is 0 Å². The third-order valence-electron chi connectivity index (χ3n) is 11.8. The van der Waals surface area contributed by atoms with E-state index in [1.165, 1.54) is 87.7 Å². The van der Waals surface area contributed by atoms with Crippen molar-refractivity contribution in [2.75, 3.05) is 0 Å². The third kappa shape index (κ3) is 4.73. The summed E-state index contributed by atoms with van der Waals surface area (Å²) in [5.74, 6) is 0. The van der Waals surface area contributed by atoms with Gasteiger partial charge in [-0.05, 0) is 76.9 Å². The molecule has 0 aliphatic heterocycles. The van der Waals surface area contributed by atoms with Crippen LogP contribution in [0.3, 0.4) is 0 Å². The Labute approximate surface area is 329 Å². The SMILES string of the molecule is c1ccc(-c2ccc(-n3c4ccccc4c4cccc(-n5c6ccccc6c6c5ccc5c7ccccc7n(-c7ccc(-c8ccccc8)cc7)c56)c43)cc2)cc1. The maximum absolute atomic E-state index is 2.50. The Balaban J connectivity index is 1.16. The van der Waals surface area contributed by atoms with Crippen molar-refractivity contribution in [3.8, 4) is 39.3 Å². The Morgan fingerprint density at radius 1 is 0.228 bits per heavy atom. The molecule has 12 rings (SSSR count). The molecule has 0 unspecified atom stereocenters. The van der Waals surface area contributed by atoms with E-state index in [1.807, 2.05) is 0 Å². The van der Waals surface area contributed by atoms with Crippen LogP contribution >= 0.6 is 0 Å². The van der Waals surface area contributed by atoms with E-state index in [0.29, 0.717) is 0 Å². The second-order valence-electron chi connectivity index (χ2n) is 14.9. The van der Waals surface area contributed by atoms with Gasteiger partial charge >= 0.3 is 0 Å². The van der Waals surface area contributed by atoms with Crippen LogP contribution in [0.2, 0.25) is 0 Å². The van der Waals surface area contributed by atoms with Crippen molar-refractivity contribution in [3.63, 3.8) is 0 Å². The molecule has 0 aliphatic rings. The number of benzene rings is 9. The van der Waals surface area contributed by atoms with Gasteiger partial charge in [0.25, 0.3) is 0 Å². The van der Waals surface area contributed by atoms with Crippen LogP contribution in [0.4, 0.5) is 0 Å². The van der Waals surface area contributed by atoms with Gasteiger partial charge in [0.1, 0.15) is 0 Å². The highest BCUT2D eigenvalue weighted by Crippen LogP contribution is 2.44. The summed E-state index contributed by atoms with van der Waals surface area (Å²) in [6, 6.07) is 77.3. The van der Waals surface area contributed by atoms with E-state index in [4.69, 9.17) is 0 Å². The van der Waals surface area contributed by atoms with Crippen LogP contribution in [0.25, 0.3) is 105 Å². The molecule has 3 heteroatoms. The minimum Gasteiger partial charge on any atom is -0.309 e. The van der Waals surface area contributed by atoms with Crippen molar-refractivity contribution in [1.29, 1.82) is 0 Å². The first-order valence-electron chi connectivity index (χ1n) is 19.6. The van der Waals surface area contributed by atoms with Crippen LogP contribution in [0.15, 0.2) is 212 Å². The Morgan fingerprint density at radius 3 is 1.21 bits per heavy atom. The fraction of sp³-hybridized carbons (Fsp3) is 0. The fourth-order valence-electron chi connectivity index (χ4n) is 9.35. The molecule has 3 nitrogen and oxygen atoms in total. The molecule has 266 valence electrons. The smallest absolute Gasteiger partial charge is 0.0782 e. The molecular formula is C54H35N3. The van der Waals surface area contributed by atoms with Gasteiger partial charge in [0.05, 0.1) is 38.8 Å². The van der Waals surface area contributed by atoms with Gasteiger partial charge in [-0.25, -0.2) is 0 Å². The van der Waals surface area contributed by atoms with E-state index in [2.05, 4.69) is 226 Å². The molecule has 0 amide bonds. The van der Waals surface area contributed by atoms with Crippen molar-refractivity contribution in [2.24, 2.45) is 0 Å². The molecule has 0 saturated heterocycles.